The topological polar surface area (TPSA) is 36.9 Å². The summed E-state index contributed by atoms with van der Waals surface area (Å²) in [4.78, 5) is 0. The molecule has 0 aromatic carbocycles. The third kappa shape index (κ3) is 2.24. The lowest BCUT2D eigenvalue weighted by Gasteiger charge is -2.25. The highest BCUT2D eigenvalue weighted by Gasteiger charge is 2.54. The Hall–Kier alpha value is 0.190. The smallest absolute Gasteiger partial charge is 0.163 e. The van der Waals surface area contributed by atoms with Crippen LogP contribution in [0, 0.1) is 0 Å². The van der Waals surface area contributed by atoms with E-state index in [-0.39, 0.29) is 18.3 Å². The second kappa shape index (κ2) is 3.84. The van der Waals surface area contributed by atoms with Crippen molar-refractivity contribution < 1.29 is 18.9 Å². The molecule has 4 atom stereocenters. The van der Waals surface area contributed by atoms with Gasteiger partial charge in [-0.05, 0) is 27.7 Å². The van der Waals surface area contributed by atoms with Gasteiger partial charge in [-0.2, -0.15) is 11.8 Å². The molecular formula is C12H20O4S. The van der Waals surface area contributed by atoms with Crippen molar-refractivity contribution in [3.05, 3.63) is 0 Å². The molecule has 0 radical (unpaired) electrons. The quantitative estimate of drug-likeness (QED) is 0.718. The van der Waals surface area contributed by atoms with Crippen LogP contribution < -0.4 is 0 Å². The van der Waals surface area contributed by atoms with Crippen molar-refractivity contribution in [1.82, 2.24) is 0 Å². The van der Waals surface area contributed by atoms with Crippen LogP contribution in [0.5, 0.6) is 0 Å². The van der Waals surface area contributed by atoms with Gasteiger partial charge in [0.15, 0.2) is 11.6 Å². The molecule has 0 aliphatic carbocycles. The molecule has 3 aliphatic heterocycles. The highest BCUT2D eigenvalue weighted by molar-refractivity contribution is 8.00. The molecule has 0 N–H and O–H groups in total. The monoisotopic (exact) mass is 260 g/mol. The van der Waals surface area contributed by atoms with E-state index in [0.717, 1.165) is 5.75 Å². The molecular weight excluding hydrogens is 240 g/mol. The average molecular weight is 260 g/mol. The molecule has 0 bridgehead atoms. The van der Waals surface area contributed by atoms with Gasteiger partial charge in [-0.15, -0.1) is 0 Å². The molecule has 3 saturated heterocycles. The van der Waals surface area contributed by atoms with Gasteiger partial charge in [-0.1, -0.05) is 0 Å². The van der Waals surface area contributed by atoms with E-state index in [9.17, 15) is 0 Å². The lowest BCUT2D eigenvalue weighted by atomic mass is 10.1. The fourth-order valence-corrected chi connectivity index (χ4v) is 4.21. The molecule has 98 valence electrons. The summed E-state index contributed by atoms with van der Waals surface area (Å²) in [7, 11) is 0. The van der Waals surface area contributed by atoms with E-state index in [2.05, 4.69) is 0 Å². The van der Waals surface area contributed by atoms with Crippen LogP contribution in [0.4, 0.5) is 0 Å². The van der Waals surface area contributed by atoms with Crippen molar-refractivity contribution in [3.8, 4) is 0 Å². The van der Waals surface area contributed by atoms with E-state index in [1.807, 2.05) is 39.5 Å². The van der Waals surface area contributed by atoms with Gasteiger partial charge in [0.05, 0.1) is 24.1 Å². The highest BCUT2D eigenvalue weighted by Crippen LogP contribution is 2.44. The SMILES string of the molecule is CC1(C)O[C@H]2[C@H]([C@H]3COC(C)(C)O3)SC[C@H]2O1. The Morgan fingerprint density at radius 2 is 1.65 bits per heavy atom. The summed E-state index contributed by atoms with van der Waals surface area (Å²) in [6.07, 6.45) is 0.451. The number of ether oxygens (including phenoxy) is 4. The molecule has 0 aromatic heterocycles. The minimum atomic E-state index is -0.460. The maximum absolute atomic E-state index is 5.99. The summed E-state index contributed by atoms with van der Waals surface area (Å²) in [6.45, 7) is 8.52. The summed E-state index contributed by atoms with van der Waals surface area (Å²) in [6, 6.07) is 0. The number of hydrogen-bond acceptors (Lipinski definition) is 5. The molecule has 0 aromatic rings. The largest absolute Gasteiger partial charge is 0.348 e. The van der Waals surface area contributed by atoms with Crippen LogP contribution in [-0.2, 0) is 18.9 Å². The molecule has 3 rings (SSSR count). The number of fused-ring (bicyclic) bond motifs is 1. The molecule has 0 amide bonds. The van der Waals surface area contributed by atoms with Crippen LogP contribution in [0.25, 0.3) is 0 Å². The van der Waals surface area contributed by atoms with E-state index in [1.165, 1.54) is 0 Å². The minimum Gasteiger partial charge on any atom is -0.348 e. The first-order valence-electron chi connectivity index (χ1n) is 6.15. The van der Waals surface area contributed by atoms with E-state index in [4.69, 9.17) is 18.9 Å². The molecule has 0 saturated carbocycles. The predicted octanol–water partition coefficient (Wildman–Crippen LogP) is 1.77. The average Bonchev–Trinajstić information content (AvgIpc) is 2.77. The van der Waals surface area contributed by atoms with Gasteiger partial charge in [0, 0.05) is 5.75 Å². The van der Waals surface area contributed by atoms with Gasteiger partial charge in [0.2, 0.25) is 0 Å². The van der Waals surface area contributed by atoms with Gasteiger partial charge < -0.3 is 18.9 Å². The zero-order valence-electron chi connectivity index (χ0n) is 10.8. The van der Waals surface area contributed by atoms with E-state index in [0.29, 0.717) is 11.9 Å². The fraction of sp³-hybridized carbons (Fsp3) is 1.00. The molecule has 17 heavy (non-hydrogen) atoms. The molecule has 3 aliphatic rings. The second-order valence-electron chi connectivity index (χ2n) is 5.80. The third-order valence-electron chi connectivity index (χ3n) is 3.40. The summed E-state index contributed by atoms with van der Waals surface area (Å²) >= 11 is 1.88. The molecule has 5 heteroatoms. The second-order valence-corrected chi connectivity index (χ2v) is 7.01. The van der Waals surface area contributed by atoms with Crippen LogP contribution in [0.1, 0.15) is 27.7 Å². The molecule has 3 fully saturated rings. The highest BCUT2D eigenvalue weighted by atomic mass is 32.2. The normalized spacial score (nSPS) is 47.3. The zero-order chi connectivity index (χ0) is 12.3. The van der Waals surface area contributed by atoms with Crippen molar-refractivity contribution in [2.75, 3.05) is 12.4 Å². The Morgan fingerprint density at radius 3 is 2.29 bits per heavy atom. The van der Waals surface area contributed by atoms with Crippen molar-refractivity contribution in [1.29, 1.82) is 0 Å². The van der Waals surface area contributed by atoms with Crippen LogP contribution >= 0.6 is 11.8 Å². The van der Waals surface area contributed by atoms with Crippen molar-refractivity contribution in [2.24, 2.45) is 0 Å². The first-order valence-corrected chi connectivity index (χ1v) is 7.20. The van der Waals surface area contributed by atoms with Crippen LogP contribution in [0.3, 0.4) is 0 Å². The van der Waals surface area contributed by atoms with E-state index < -0.39 is 11.6 Å². The Balaban J connectivity index is 1.70. The minimum absolute atomic E-state index is 0.113. The number of rotatable bonds is 1. The maximum Gasteiger partial charge on any atom is 0.163 e. The molecule has 4 nitrogen and oxygen atoms in total. The van der Waals surface area contributed by atoms with Gasteiger partial charge >= 0.3 is 0 Å². The summed E-state index contributed by atoms with van der Waals surface area (Å²) in [5, 5.41) is 0.323. The summed E-state index contributed by atoms with van der Waals surface area (Å²) in [5.74, 6) is 0.0703. The van der Waals surface area contributed by atoms with Crippen molar-refractivity contribution >= 4 is 11.8 Å². The first-order chi connectivity index (χ1) is 7.86. The van der Waals surface area contributed by atoms with Gasteiger partial charge in [0.1, 0.15) is 6.10 Å². The molecule has 3 heterocycles. The van der Waals surface area contributed by atoms with E-state index in [1.54, 1.807) is 0 Å². The van der Waals surface area contributed by atoms with Crippen LogP contribution in [0.2, 0.25) is 0 Å². The first kappa shape index (κ1) is 12.2. The predicted molar refractivity (Wildman–Crippen MR) is 65.0 cm³/mol. The Labute approximate surface area is 106 Å². The lowest BCUT2D eigenvalue weighted by molar-refractivity contribution is -0.154. The summed E-state index contributed by atoms with van der Waals surface area (Å²) < 4.78 is 23.4. The maximum atomic E-state index is 5.99. The Bertz CT molecular complexity index is 318. The van der Waals surface area contributed by atoms with E-state index >= 15 is 0 Å². The summed E-state index contributed by atoms with van der Waals surface area (Å²) in [5.41, 5.74) is 0. The Kier molecular flexibility index (Phi) is 2.76. The van der Waals surface area contributed by atoms with Gasteiger partial charge in [-0.3, -0.25) is 0 Å². The standard InChI is InChI=1S/C12H20O4S/c1-11(2)13-5-7(14-11)10-9-8(6-17-10)15-12(3,4)16-9/h7-10H,5-6H2,1-4H3/t7-,8-,9-,10+/m1/s1. The van der Waals surface area contributed by atoms with Crippen LogP contribution in [0.15, 0.2) is 0 Å². The Morgan fingerprint density at radius 1 is 0.941 bits per heavy atom. The number of hydrogen-bond donors (Lipinski definition) is 0. The molecule has 0 spiro atoms. The zero-order valence-corrected chi connectivity index (χ0v) is 11.6. The van der Waals surface area contributed by atoms with Crippen molar-refractivity contribution in [2.45, 2.75) is 62.8 Å². The lowest BCUT2D eigenvalue weighted by Crippen LogP contribution is -2.38. The van der Waals surface area contributed by atoms with Crippen LogP contribution in [-0.4, -0.2) is 47.5 Å². The third-order valence-corrected chi connectivity index (χ3v) is 4.87. The van der Waals surface area contributed by atoms with Gasteiger partial charge in [-0.25, -0.2) is 0 Å². The molecule has 0 unspecified atom stereocenters. The van der Waals surface area contributed by atoms with Gasteiger partial charge in [0.25, 0.3) is 0 Å². The number of thioether (sulfide) groups is 1. The fourth-order valence-electron chi connectivity index (χ4n) is 2.77. The van der Waals surface area contributed by atoms with Crippen molar-refractivity contribution in [3.63, 3.8) is 0 Å².